The number of pyridine rings is 1. The van der Waals surface area contributed by atoms with Gasteiger partial charge in [0.05, 0.1) is 0 Å². The SMILES string of the molecule is Cc1c(S(=O)(=O)N[C@H]2CCN(Cc3ccnc(C(=N)N)c3)C2=O)sc2ccc(Cl)cc12.O=C(O)C(F)(F)F. The fourth-order valence-corrected chi connectivity index (χ4v) is 6.77. The Bertz CT molecular complexity index is 1510. The molecule has 0 unspecified atom stereocenters. The van der Waals surface area contributed by atoms with E-state index in [2.05, 4.69) is 9.71 Å². The molecule has 0 spiro atoms. The average Bonchev–Trinajstić information content (AvgIpc) is 3.33. The van der Waals surface area contributed by atoms with Gasteiger partial charge in [0.1, 0.15) is 21.8 Å². The number of amidine groups is 1. The maximum absolute atomic E-state index is 13.0. The number of nitrogens with two attached hydrogens (primary N) is 1. The van der Waals surface area contributed by atoms with Crippen molar-refractivity contribution in [1.82, 2.24) is 14.6 Å². The number of thiophene rings is 1. The minimum atomic E-state index is -5.08. The van der Waals surface area contributed by atoms with Crippen molar-refractivity contribution in [3.05, 3.63) is 58.4 Å². The van der Waals surface area contributed by atoms with E-state index in [4.69, 9.17) is 32.6 Å². The topological polar surface area (TPSA) is 167 Å². The monoisotopic (exact) mass is 591 g/mol. The average molecular weight is 592 g/mol. The number of fused-ring (bicyclic) bond motifs is 1. The van der Waals surface area contributed by atoms with Gasteiger partial charge in [-0.15, -0.1) is 11.3 Å². The Labute approximate surface area is 223 Å². The van der Waals surface area contributed by atoms with Gasteiger partial charge in [-0.05, 0) is 60.2 Å². The largest absolute Gasteiger partial charge is 0.490 e. The zero-order valence-corrected chi connectivity index (χ0v) is 21.9. The third-order valence-electron chi connectivity index (χ3n) is 5.41. The van der Waals surface area contributed by atoms with Crippen LogP contribution >= 0.6 is 22.9 Å². The van der Waals surface area contributed by atoms with E-state index in [0.29, 0.717) is 35.8 Å². The van der Waals surface area contributed by atoms with Crippen LogP contribution < -0.4 is 10.5 Å². The highest BCUT2D eigenvalue weighted by molar-refractivity contribution is 7.91. The second-order valence-corrected chi connectivity index (χ2v) is 11.5. The molecule has 0 bridgehead atoms. The van der Waals surface area contributed by atoms with Gasteiger partial charge in [0.15, 0.2) is 0 Å². The number of nitrogens with one attached hydrogen (secondary N) is 2. The van der Waals surface area contributed by atoms with E-state index in [0.717, 1.165) is 27.0 Å². The number of benzene rings is 1. The first-order valence-electron chi connectivity index (χ1n) is 10.7. The Morgan fingerprint density at radius 1 is 1.34 bits per heavy atom. The summed E-state index contributed by atoms with van der Waals surface area (Å²) in [5.41, 5.74) is 7.19. The number of halogens is 4. The van der Waals surface area contributed by atoms with Gasteiger partial charge < -0.3 is 15.7 Å². The van der Waals surface area contributed by atoms with E-state index in [9.17, 15) is 26.4 Å². The lowest BCUT2D eigenvalue weighted by molar-refractivity contribution is -0.192. The van der Waals surface area contributed by atoms with Crippen LogP contribution in [0.1, 0.15) is 23.2 Å². The molecule has 1 amide bonds. The zero-order valence-electron chi connectivity index (χ0n) is 19.5. The lowest BCUT2D eigenvalue weighted by Crippen LogP contribution is -2.41. The number of aryl methyl sites for hydroxylation is 1. The molecule has 0 radical (unpaired) electrons. The summed E-state index contributed by atoms with van der Waals surface area (Å²) < 4.78 is 61.4. The molecule has 1 aromatic carbocycles. The van der Waals surface area contributed by atoms with Crippen molar-refractivity contribution in [2.24, 2.45) is 5.73 Å². The Morgan fingerprint density at radius 2 is 2.00 bits per heavy atom. The summed E-state index contributed by atoms with van der Waals surface area (Å²) in [6, 6.07) is 7.82. The molecule has 16 heteroatoms. The highest BCUT2D eigenvalue weighted by atomic mass is 35.5. The summed E-state index contributed by atoms with van der Waals surface area (Å²) in [5.74, 6) is -3.20. The number of carbonyl (C=O) groups is 2. The van der Waals surface area contributed by atoms with Gasteiger partial charge in [0, 0.05) is 29.0 Å². The lowest BCUT2D eigenvalue weighted by atomic mass is 10.2. The number of amides is 1. The molecule has 4 rings (SSSR count). The highest BCUT2D eigenvalue weighted by Crippen LogP contribution is 2.35. The summed E-state index contributed by atoms with van der Waals surface area (Å²) in [4.78, 5) is 27.3. The van der Waals surface area contributed by atoms with Crippen molar-refractivity contribution in [2.75, 3.05) is 6.54 Å². The fourth-order valence-electron chi connectivity index (χ4n) is 3.61. The van der Waals surface area contributed by atoms with Gasteiger partial charge in [-0.3, -0.25) is 15.2 Å². The van der Waals surface area contributed by atoms with Crippen LogP contribution in [-0.2, 0) is 26.2 Å². The van der Waals surface area contributed by atoms with Crippen LogP contribution in [0.25, 0.3) is 10.1 Å². The number of rotatable bonds is 6. The third kappa shape index (κ3) is 6.78. The first-order chi connectivity index (χ1) is 17.6. The number of sulfonamides is 1. The summed E-state index contributed by atoms with van der Waals surface area (Å²) in [7, 11) is -3.87. The molecule has 0 saturated carbocycles. The zero-order chi connectivity index (χ0) is 28.4. The fraction of sp³-hybridized carbons (Fsp3) is 0.273. The standard InChI is InChI=1S/C20H20ClN5O3S2.C2HF3O2/c1-11-14-9-13(21)2-3-17(14)30-20(11)31(28,29)25-15-5-7-26(19(15)27)10-12-4-6-24-16(8-12)18(22)23;3-2(4,5)1(6)7/h2-4,6,8-9,15,25H,5,7,10H2,1H3,(H3,22,23);(H,6,7)/t15-;/m0./s1. The molecule has 38 heavy (non-hydrogen) atoms. The van der Waals surface area contributed by atoms with Crippen LogP contribution in [0.3, 0.4) is 0 Å². The predicted octanol–water partition coefficient (Wildman–Crippen LogP) is 3.25. The second-order valence-electron chi connectivity index (χ2n) is 8.14. The molecular formula is C22H21ClF3N5O5S2. The number of aliphatic carboxylic acids is 1. The smallest absolute Gasteiger partial charge is 0.475 e. The molecule has 10 nitrogen and oxygen atoms in total. The molecule has 1 atom stereocenters. The molecule has 2 aromatic heterocycles. The minimum absolute atomic E-state index is 0.153. The number of aromatic nitrogens is 1. The van der Waals surface area contributed by atoms with Crippen LogP contribution in [0.2, 0.25) is 5.02 Å². The van der Waals surface area contributed by atoms with E-state index >= 15 is 0 Å². The van der Waals surface area contributed by atoms with E-state index in [1.807, 2.05) is 0 Å². The van der Waals surface area contributed by atoms with Crippen molar-refractivity contribution in [3.63, 3.8) is 0 Å². The molecule has 5 N–H and O–H groups in total. The minimum Gasteiger partial charge on any atom is -0.475 e. The predicted molar refractivity (Wildman–Crippen MR) is 135 cm³/mol. The number of hydrogen-bond acceptors (Lipinski definition) is 7. The van der Waals surface area contributed by atoms with Crippen LogP contribution in [0, 0.1) is 12.3 Å². The number of nitrogens with zero attached hydrogens (tertiary/aromatic N) is 2. The van der Waals surface area contributed by atoms with Crippen LogP contribution in [0.15, 0.2) is 40.7 Å². The first kappa shape index (κ1) is 29.3. The number of alkyl halides is 3. The number of carboxylic acids is 1. The van der Waals surface area contributed by atoms with E-state index in [1.165, 1.54) is 6.20 Å². The molecule has 1 aliphatic rings. The molecule has 3 heterocycles. The molecule has 3 aromatic rings. The number of nitrogen functional groups attached to an aromatic ring is 1. The Morgan fingerprint density at radius 3 is 2.61 bits per heavy atom. The Balaban J connectivity index is 0.000000505. The van der Waals surface area contributed by atoms with Gasteiger partial charge in [-0.2, -0.15) is 17.9 Å². The maximum Gasteiger partial charge on any atom is 0.490 e. The summed E-state index contributed by atoms with van der Waals surface area (Å²) >= 11 is 7.21. The number of carbonyl (C=O) groups excluding carboxylic acids is 1. The molecule has 0 aliphatic carbocycles. The number of hydrogen-bond donors (Lipinski definition) is 4. The Hall–Kier alpha value is -3.27. The molecule has 1 fully saturated rings. The molecule has 204 valence electrons. The van der Waals surface area contributed by atoms with E-state index < -0.39 is 28.2 Å². The van der Waals surface area contributed by atoms with Crippen molar-refractivity contribution in [1.29, 1.82) is 5.41 Å². The molecule has 1 saturated heterocycles. The van der Waals surface area contributed by atoms with Gasteiger partial charge in [0.2, 0.25) is 5.91 Å². The van der Waals surface area contributed by atoms with Gasteiger partial charge in [0.25, 0.3) is 10.0 Å². The maximum atomic E-state index is 13.0. The molecule has 1 aliphatic heterocycles. The van der Waals surface area contributed by atoms with Crippen LogP contribution in [-0.4, -0.2) is 59.9 Å². The van der Waals surface area contributed by atoms with Gasteiger partial charge in [-0.1, -0.05) is 11.6 Å². The van der Waals surface area contributed by atoms with Crippen molar-refractivity contribution < 1.29 is 36.3 Å². The van der Waals surface area contributed by atoms with E-state index in [-0.39, 0.29) is 16.0 Å². The van der Waals surface area contributed by atoms with Gasteiger partial charge in [-0.25, -0.2) is 13.2 Å². The summed E-state index contributed by atoms with van der Waals surface area (Å²) in [6.07, 6.45) is -3.18. The Kier molecular flexibility index (Phi) is 8.65. The van der Waals surface area contributed by atoms with Crippen LogP contribution in [0.4, 0.5) is 13.2 Å². The van der Waals surface area contributed by atoms with Crippen molar-refractivity contribution in [3.8, 4) is 0 Å². The van der Waals surface area contributed by atoms with Gasteiger partial charge >= 0.3 is 12.1 Å². The first-order valence-corrected chi connectivity index (χ1v) is 13.4. The second kappa shape index (κ2) is 11.2. The lowest BCUT2D eigenvalue weighted by Gasteiger charge is -2.17. The molecular weight excluding hydrogens is 571 g/mol. The number of likely N-dealkylation sites (tertiary alicyclic amines) is 1. The normalized spacial score (nSPS) is 15.9. The van der Waals surface area contributed by atoms with Crippen molar-refractivity contribution in [2.45, 2.75) is 36.3 Å². The van der Waals surface area contributed by atoms with E-state index in [1.54, 1.807) is 42.2 Å². The third-order valence-corrected chi connectivity index (χ3v) is 9.01. The quantitative estimate of drug-likeness (QED) is 0.252. The number of carboxylic acid groups (broad SMARTS) is 1. The highest BCUT2D eigenvalue weighted by Gasteiger charge is 2.38. The summed E-state index contributed by atoms with van der Waals surface area (Å²) in [5, 5.41) is 15.9. The van der Waals surface area contributed by atoms with Crippen molar-refractivity contribution >= 4 is 60.8 Å². The summed E-state index contributed by atoms with van der Waals surface area (Å²) in [6.45, 7) is 2.45. The van der Waals surface area contributed by atoms with Crippen LogP contribution in [0.5, 0.6) is 0 Å².